The lowest BCUT2D eigenvalue weighted by Gasteiger charge is -2.18. The zero-order valence-corrected chi connectivity index (χ0v) is 21.6. The van der Waals surface area contributed by atoms with Gasteiger partial charge in [-0.3, -0.25) is 14.5 Å². The van der Waals surface area contributed by atoms with Gasteiger partial charge in [-0.05, 0) is 43.5 Å². The Bertz CT molecular complexity index is 1520. The van der Waals surface area contributed by atoms with Gasteiger partial charge in [0.1, 0.15) is 0 Å². The number of pyridine rings is 2. The van der Waals surface area contributed by atoms with Crippen LogP contribution in [0.15, 0.2) is 49.1 Å². The number of nitrogens with zero attached hydrogens (tertiary/aromatic N) is 4. The highest BCUT2D eigenvalue weighted by Gasteiger charge is 2.35. The van der Waals surface area contributed by atoms with Crippen molar-refractivity contribution in [2.24, 2.45) is 0 Å². The minimum atomic E-state index is -3.42. The number of halogens is 1. The number of sulfonamides is 1. The van der Waals surface area contributed by atoms with Gasteiger partial charge in [-0.2, -0.15) is 5.10 Å². The normalized spacial score (nSPS) is 14.6. The van der Waals surface area contributed by atoms with Gasteiger partial charge in [0, 0.05) is 42.9 Å². The Balaban J connectivity index is 1.35. The van der Waals surface area contributed by atoms with Gasteiger partial charge in [-0.1, -0.05) is 11.6 Å². The summed E-state index contributed by atoms with van der Waals surface area (Å²) in [7, 11) is -1.84. The first-order chi connectivity index (χ1) is 17.3. The molecule has 0 spiro atoms. The standard InChI is InChI=1S/C23H23ClN6O4S2/c1-34-9-6-18(19-11-15(4-7-25-19)29-36(32,33)16-2-3-16)28-22(31)23-26-13-21(35-23)17-12-27-30-8-5-14(24)10-20(17)30/h4-5,7-8,10-13,16,18H,2-3,6,9H2,1H3,(H,25,29)(H,28,31). The van der Waals surface area contributed by atoms with E-state index in [1.54, 1.807) is 54.5 Å². The molecule has 4 aromatic rings. The van der Waals surface area contributed by atoms with E-state index < -0.39 is 16.1 Å². The maximum Gasteiger partial charge on any atom is 0.280 e. The van der Waals surface area contributed by atoms with Gasteiger partial charge in [0.05, 0.1) is 39.3 Å². The van der Waals surface area contributed by atoms with Crippen LogP contribution >= 0.6 is 22.9 Å². The van der Waals surface area contributed by atoms with E-state index >= 15 is 0 Å². The molecular formula is C23H23ClN6O4S2. The van der Waals surface area contributed by atoms with Crippen LogP contribution in [-0.4, -0.2) is 52.9 Å². The van der Waals surface area contributed by atoms with E-state index in [4.69, 9.17) is 16.3 Å². The third-order valence-corrected chi connectivity index (χ3v) is 8.86. The molecule has 1 amide bonds. The Labute approximate surface area is 216 Å². The topological polar surface area (TPSA) is 128 Å². The van der Waals surface area contributed by atoms with Crippen molar-refractivity contribution < 1.29 is 17.9 Å². The number of carbonyl (C=O) groups excluding carboxylic acids is 1. The van der Waals surface area contributed by atoms with Gasteiger partial charge in [0.25, 0.3) is 5.91 Å². The van der Waals surface area contributed by atoms with Crippen molar-refractivity contribution in [2.45, 2.75) is 30.6 Å². The summed E-state index contributed by atoms with van der Waals surface area (Å²) in [5, 5.41) is 7.80. The second-order valence-electron chi connectivity index (χ2n) is 8.39. The molecule has 4 heterocycles. The zero-order valence-electron chi connectivity index (χ0n) is 19.2. The summed E-state index contributed by atoms with van der Waals surface area (Å²) < 4.78 is 34.2. The van der Waals surface area contributed by atoms with Crippen LogP contribution in [0.5, 0.6) is 0 Å². The molecule has 36 heavy (non-hydrogen) atoms. The summed E-state index contributed by atoms with van der Waals surface area (Å²) in [4.78, 5) is 22.6. The molecule has 13 heteroatoms. The maximum absolute atomic E-state index is 13.1. The summed E-state index contributed by atoms with van der Waals surface area (Å²) in [6.45, 7) is 0.372. The Morgan fingerprint density at radius 2 is 2.11 bits per heavy atom. The molecule has 0 aromatic carbocycles. The first kappa shape index (κ1) is 24.6. The van der Waals surface area contributed by atoms with Crippen molar-refractivity contribution in [3.05, 3.63) is 64.8 Å². The van der Waals surface area contributed by atoms with Gasteiger partial charge in [-0.15, -0.1) is 11.3 Å². The summed E-state index contributed by atoms with van der Waals surface area (Å²) in [6, 6.07) is 6.27. The molecular weight excluding hydrogens is 524 g/mol. The second kappa shape index (κ2) is 10.1. The van der Waals surface area contributed by atoms with Crippen LogP contribution in [0, 0.1) is 0 Å². The van der Waals surface area contributed by atoms with Crippen LogP contribution < -0.4 is 10.0 Å². The van der Waals surface area contributed by atoms with Crippen molar-refractivity contribution in [1.29, 1.82) is 0 Å². The average Bonchev–Trinajstić information content (AvgIpc) is 3.48. The highest BCUT2D eigenvalue weighted by molar-refractivity contribution is 7.93. The molecule has 0 bridgehead atoms. The predicted octanol–water partition coefficient (Wildman–Crippen LogP) is 3.92. The molecule has 0 saturated heterocycles. The van der Waals surface area contributed by atoms with Crippen molar-refractivity contribution in [3.63, 3.8) is 0 Å². The molecule has 5 rings (SSSR count). The van der Waals surface area contributed by atoms with Crippen LogP contribution in [0.4, 0.5) is 5.69 Å². The highest BCUT2D eigenvalue weighted by Crippen LogP contribution is 2.32. The third kappa shape index (κ3) is 5.36. The number of hydrogen-bond acceptors (Lipinski definition) is 8. The van der Waals surface area contributed by atoms with Gasteiger partial charge >= 0.3 is 0 Å². The van der Waals surface area contributed by atoms with Crippen LogP contribution in [-0.2, 0) is 14.8 Å². The Kier molecular flexibility index (Phi) is 6.93. The summed E-state index contributed by atoms with van der Waals surface area (Å²) in [6.07, 6.45) is 8.40. The number of carbonyl (C=O) groups is 1. The third-order valence-electron chi connectivity index (χ3n) is 5.73. The molecule has 0 radical (unpaired) electrons. The first-order valence-electron chi connectivity index (χ1n) is 11.2. The largest absolute Gasteiger partial charge is 0.385 e. The molecule has 1 fully saturated rings. The molecule has 1 saturated carbocycles. The Hall–Kier alpha value is -3.06. The van der Waals surface area contributed by atoms with Crippen LogP contribution in [0.3, 0.4) is 0 Å². The number of methoxy groups -OCH3 is 1. The summed E-state index contributed by atoms with van der Waals surface area (Å²) in [5.41, 5.74) is 2.56. The fraction of sp³-hybridized carbons (Fsp3) is 0.304. The molecule has 1 aliphatic carbocycles. The average molecular weight is 547 g/mol. The molecule has 188 valence electrons. The van der Waals surface area contributed by atoms with Gasteiger partial charge in [-0.25, -0.2) is 17.9 Å². The van der Waals surface area contributed by atoms with E-state index in [-0.39, 0.29) is 16.2 Å². The monoisotopic (exact) mass is 546 g/mol. The smallest absolute Gasteiger partial charge is 0.280 e. The van der Waals surface area contributed by atoms with Gasteiger partial charge in [0.2, 0.25) is 10.0 Å². The highest BCUT2D eigenvalue weighted by atomic mass is 35.5. The lowest BCUT2D eigenvalue weighted by atomic mass is 10.1. The number of aromatic nitrogens is 4. The van der Waals surface area contributed by atoms with E-state index in [2.05, 4.69) is 25.1 Å². The zero-order chi connectivity index (χ0) is 25.3. The van der Waals surface area contributed by atoms with E-state index in [0.29, 0.717) is 42.3 Å². The van der Waals surface area contributed by atoms with E-state index in [0.717, 1.165) is 16.0 Å². The molecule has 1 unspecified atom stereocenters. The number of hydrogen-bond donors (Lipinski definition) is 2. The van der Waals surface area contributed by atoms with Crippen LogP contribution in [0.2, 0.25) is 5.02 Å². The molecule has 10 nitrogen and oxygen atoms in total. The summed E-state index contributed by atoms with van der Waals surface area (Å²) in [5.74, 6) is -0.368. The van der Waals surface area contributed by atoms with Crippen molar-refractivity contribution in [1.82, 2.24) is 24.9 Å². The van der Waals surface area contributed by atoms with Crippen LogP contribution in [0.1, 0.15) is 40.8 Å². The second-order valence-corrected chi connectivity index (χ2v) is 11.8. The molecule has 1 atom stereocenters. The van der Waals surface area contributed by atoms with Crippen LogP contribution in [0.25, 0.3) is 16.0 Å². The fourth-order valence-electron chi connectivity index (χ4n) is 3.73. The number of amides is 1. The Morgan fingerprint density at radius 3 is 2.89 bits per heavy atom. The number of fused-ring (bicyclic) bond motifs is 1. The van der Waals surface area contributed by atoms with Gasteiger partial charge < -0.3 is 10.1 Å². The minimum Gasteiger partial charge on any atom is -0.385 e. The van der Waals surface area contributed by atoms with E-state index in [1.807, 2.05) is 0 Å². The van der Waals surface area contributed by atoms with E-state index in [1.165, 1.54) is 17.5 Å². The quantitative estimate of drug-likeness (QED) is 0.308. The number of anilines is 1. The summed E-state index contributed by atoms with van der Waals surface area (Å²) >= 11 is 7.38. The minimum absolute atomic E-state index is 0.277. The number of nitrogens with one attached hydrogen (secondary N) is 2. The molecule has 4 aromatic heterocycles. The van der Waals surface area contributed by atoms with Crippen molar-refractivity contribution in [2.75, 3.05) is 18.4 Å². The lowest BCUT2D eigenvalue weighted by molar-refractivity contribution is 0.0923. The molecule has 1 aliphatic rings. The molecule has 0 aliphatic heterocycles. The van der Waals surface area contributed by atoms with Gasteiger partial charge in [0.15, 0.2) is 5.01 Å². The van der Waals surface area contributed by atoms with Crippen molar-refractivity contribution in [3.8, 4) is 10.4 Å². The number of ether oxygens (including phenoxy) is 1. The maximum atomic E-state index is 13.1. The molecule has 2 N–H and O–H groups in total. The fourth-order valence-corrected chi connectivity index (χ4v) is 6.10. The van der Waals surface area contributed by atoms with Crippen molar-refractivity contribution >= 4 is 50.1 Å². The first-order valence-corrected chi connectivity index (χ1v) is 13.9. The Morgan fingerprint density at radius 1 is 1.28 bits per heavy atom. The number of thiazole rings is 1. The lowest BCUT2D eigenvalue weighted by Crippen LogP contribution is -2.30. The number of rotatable bonds is 10. The van der Waals surface area contributed by atoms with E-state index in [9.17, 15) is 13.2 Å². The predicted molar refractivity (Wildman–Crippen MR) is 138 cm³/mol. The SMILES string of the molecule is COCCC(NC(=O)c1ncc(-c2cnn3ccc(Cl)cc23)s1)c1cc(NS(=O)(=O)C2CC2)ccn1.